The molecule has 32 heavy (non-hydrogen) atoms. The van der Waals surface area contributed by atoms with Gasteiger partial charge in [-0.25, -0.2) is 8.42 Å². The number of aromatic amines is 1. The van der Waals surface area contributed by atoms with Gasteiger partial charge in [-0.3, -0.25) is 19.5 Å². The van der Waals surface area contributed by atoms with Crippen molar-refractivity contribution in [1.82, 2.24) is 25.0 Å². The van der Waals surface area contributed by atoms with Crippen molar-refractivity contribution >= 4 is 32.3 Å². The zero-order valence-corrected chi connectivity index (χ0v) is 19.0. The zero-order valence-electron chi connectivity index (χ0n) is 18.2. The molecule has 9 nitrogen and oxygen atoms in total. The maximum absolute atomic E-state index is 12.7. The molecule has 0 radical (unpaired) electrons. The molecule has 1 aliphatic heterocycles. The van der Waals surface area contributed by atoms with Gasteiger partial charge in [0.2, 0.25) is 0 Å². The summed E-state index contributed by atoms with van der Waals surface area (Å²) in [6, 6.07) is 9.56. The number of sulfonamides is 1. The van der Waals surface area contributed by atoms with Gasteiger partial charge in [-0.1, -0.05) is 26.0 Å². The Morgan fingerprint density at radius 3 is 2.78 bits per heavy atom. The van der Waals surface area contributed by atoms with E-state index in [9.17, 15) is 8.42 Å². The Morgan fingerprint density at radius 2 is 2.06 bits per heavy atom. The molecular weight excluding hydrogens is 426 g/mol. The van der Waals surface area contributed by atoms with Crippen molar-refractivity contribution in [1.29, 1.82) is 0 Å². The molecule has 3 aromatic heterocycles. The van der Waals surface area contributed by atoms with Gasteiger partial charge in [0, 0.05) is 43.6 Å². The third kappa shape index (κ3) is 3.60. The third-order valence-corrected chi connectivity index (χ3v) is 7.25. The zero-order chi connectivity index (χ0) is 22.5. The van der Waals surface area contributed by atoms with Crippen molar-refractivity contribution in [2.75, 3.05) is 22.7 Å². The SMILES string of the molecule is Cn1nc(-c2cc(N3CCC(C)(C)C3)ccn2)c2cccc(NS(=O)(=O)c3cn[nH]c3)c21. The summed E-state index contributed by atoms with van der Waals surface area (Å²) in [5, 5.41) is 11.8. The van der Waals surface area contributed by atoms with Crippen LogP contribution in [0, 0.1) is 5.41 Å². The Bertz CT molecular complexity index is 1390. The number of hydrogen-bond donors (Lipinski definition) is 2. The minimum atomic E-state index is -3.77. The van der Waals surface area contributed by atoms with Gasteiger partial charge < -0.3 is 4.90 Å². The summed E-state index contributed by atoms with van der Waals surface area (Å²) < 4.78 is 29.8. The molecule has 10 heteroatoms. The van der Waals surface area contributed by atoms with Crippen molar-refractivity contribution in [3.8, 4) is 11.4 Å². The highest BCUT2D eigenvalue weighted by Gasteiger charge is 2.29. The lowest BCUT2D eigenvalue weighted by Gasteiger charge is -2.21. The van der Waals surface area contributed by atoms with Crippen LogP contribution in [0.1, 0.15) is 20.3 Å². The van der Waals surface area contributed by atoms with Crippen molar-refractivity contribution in [3.63, 3.8) is 0 Å². The van der Waals surface area contributed by atoms with Crippen molar-refractivity contribution in [3.05, 3.63) is 48.9 Å². The van der Waals surface area contributed by atoms with Gasteiger partial charge in [-0.05, 0) is 30.0 Å². The summed E-state index contributed by atoms with van der Waals surface area (Å²) in [5.74, 6) is 0. The highest BCUT2D eigenvalue weighted by Crippen LogP contribution is 2.36. The van der Waals surface area contributed by atoms with E-state index in [2.05, 4.69) is 44.7 Å². The summed E-state index contributed by atoms with van der Waals surface area (Å²) in [7, 11) is -1.97. The lowest BCUT2D eigenvalue weighted by Crippen LogP contribution is -2.22. The van der Waals surface area contributed by atoms with Gasteiger partial charge in [0.05, 0.1) is 23.1 Å². The third-order valence-electron chi connectivity index (χ3n) is 5.92. The van der Waals surface area contributed by atoms with E-state index in [1.165, 1.54) is 12.4 Å². The summed E-state index contributed by atoms with van der Waals surface area (Å²) in [5.41, 5.74) is 4.02. The maximum atomic E-state index is 12.7. The maximum Gasteiger partial charge on any atom is 0.265 e. The number of aryl methyl sites for hydroxylation is 1. The van der Waals surface area contributed by atoms with E-state index >= 15 is 0 Å². The van der Waals surface area contributed by atoms with Gasteiger partial charge >= 0.3 is 0 Å². The van der Waals surface area contributed by atoms with E-state index in [0.29, 0.717) is 22.3 Å². The molecule has 0 atom stereocenters. The van der Waals surface area contributed by atoms with Crippen molar-refractivity contribution < 1.29 is 8.42 Å². The van der Waals surface area contributed by atoms with Crippen LogP contribution in [0.2, 0.25) is 0 Å². The normalized spacial score (nSPS) is 16.0. The average Bonchev–Trinajstić information content (AvgIpc) is 3.48. The lowest BCUT2D eigenvalue weighted by molar-refractivity contribution is 0.418. The second kappa shape index (κ2) is 7.33. The fraction of sp³-hybridized carbons (Fsp3) is 0.318. The number of nitrogens with zero attached hydrogens (tertiary/aromatic N) is 5. The minimum Gasteiger partial charge on any atom is -0.371 e. The average molecular weight is 452 g/mol. The van der Waals surface area contributed by atoms with Gasteiger partial charge in [0.25, 0.3) is 10.0 Å². The van der Waals surface area contributed by atoms with E-state index in [1.54, 1.807) is 17.8 Å². The fourth-order valence-corrected chi connectivity index (χ4v) is 5.25. The number of aromatic nitrogens is 5. The molecule has 0 aliphatic carbocycles. The lowest BCUT2D eigenvalue weighted by atomic mass is 9.93. The second-order valence-electron chi connectivity index (χ2n) is 8.95. The second-order valence-corrected chi connectivity index (χ2v) is 10.6. The smallest absolute Gasteiger partial charge is 0.265 e. The fourth-order valence-electron chi connectivity index (χ4n) is 4.28. The van der Waals surface area contributed by atoms with Gasteiger partial charge in [-0.15, -0.1) is 0 Å². The summed E-state index contributed by atoms with van der Waals surface area (Å²) in [6.07, 6.45) is 5.57. The van der Waals surface area contributed by atoms with Crippen LogP contribution in [0.25, 0.3) is 22.3 Å². The van der Waals surface area contributed by atoms with E-state index < -0.39 is 10.0 Å². The Kier molecular flexibility index (Phi) is 4.70. The van der Waals surface area contributed by atoms with Crippen LogP contribution in [0.5, 0.6) is 0 Å². The van der Waals surface area contributed by atoms with E-state index in [4.69, 9.17) is 5.10 Å². The molecule has 5 rings (SSSR count). The molecular formula is C22H25N7O2S. The molecule has 0 saturated carbocycles. The minimum absolute atomic E-state index is 0.0693. The number of rotatable bonds is 5. The van der Waals surface area contributed by atoms with Crippen LogP contribution in [0.3, 0.4) is 0 Å². The number of anilines is 2. The molecule has 1 aromatic carbocycles. The van der Waals surface area contributed by atoms with Crippen LogP contribution in [0.4, 0.5) is 11.4 Å². The largest absolute Gasteiger partial charge is 0.371 e. The number of para-hydroxylation sites is 1. The molecule has 0 bridgehead atoms. The molecule has 0 spiro atoms. The molecule has 166 valence electrons. The van der Waals surface area contributed by atoms with Crippen molar-refractivity contribution in [2.24, 2.45) is 12.5 Å². The Hall–Kier alpha value is -3.40. The predicted octanol–water partition coefficient (Wildman–Crippen LogP) is 3.40. The molecule has 1 saturated heterocycles. The van der Waals surface area contributed by atoms with Gasteiger partial charge in [0.15, 0.2) is 0 Å². The van der Waals surface area contributed by atoms with E-state index in [1.807, 2.05) is 24.4 Å². The highest BCUT2D eigenvalue weighted by molar-refractivity contribution is 7.92. The van der Waals surface area contributed by atoms with Gasteiger partial charge in [-0.2, -0.15) is 10.2 Å². The number of benzene rings is 1. The molecule has 4 aromatic rings. The monoisotopic (exact) mass is 451 g/mol. The molecule has 0 amide bonds. The Morgan fingerprint density at radius 1 is 1.22 bits per heavy atom. The first-order chi connectivity index (χ1) is 15.2. The Balaban J connectivity index is 1.55. The molecule has 2 N–H and O–H groups in total. The standard InChI is InChI=1S/C22H25N7O2S/c1-22(2)8-10-29(14-22)15-7-9-23-19(11-15)20-17-5-4-6-18(21(17)28(3)26-20)27-32(30,31)16-12-24-25-13-16/h4-7,9,11-13,27H,8,10,14H2,1-3H3,(H,24,25). The highest BCUT2D eigenvalue weighted by atomic mass is 32.2. The quantitative estimate of drug-likeness (QED) is 0.481. The van der Waals surface area contributed by atoms with Crippen LogP contribution in [0.15, 0.2) is 53.8 Å². The van der Waals surface area contributed by atoms with Crippen LogP contribution in [-0.4, -0.2) is 46.5 Å². The molecule has 1 fully saturated rings. The summed E-state index contributed by atoms with van der Waals surface area (Å²) in [6.45, 7) is 6.58. The van der Waals surface area contributed by atoms with Crippen LogP contribution >= 0.6 is 0 Å². The first-order valence-corrected chi connectivity index (χ1v) is 11.9. The van der Waals surface area contributed by atoms with Crippen LogP contribution < -0.4 is 9.62 Å². The number of hydrogen-bond acceptors (Lipinski definition) is 6. The van der Waals surface area contributed by atoms with Crippen LogP contribution in [-0.2, 0) is 17.1 Å². The first kappa shape index (κ1) is 20.5. The topological polar surface area (TPSA) is 109 Å². The number of pyridine rings is 1. The van der Waals surface area contributed by atoms with Gasteiger partial charge in [0.1, 0.15) is 10.6 Å². The van der Waals surface area contributed by atoms with E-state index in [0.717, 1.165) is 36.3 Å². The van der Waals surface area contributed by atoms with E-state index in [-0.39, 0.29) is 4.90 Å². The number of nitrogens with one attached hydrogen (secondary N) is 2. The van der Waals surface area contributed by atoms with Crippen molar-refractivity contribution in [2.45, 2.75) is 25.2 Å². The number of H-pyrrole nitrogens is 1. The predicted molar refractivity (Wildman–Crippen MR) is 124 cm³/mol. The summed E-state index contributed by atoms with van der Waals surface area (Å²) in [4.78, 5) is 7.02. The first-order valence-electron chi connectivity index (χ1n) is 10.4. The number of fused-ring (bicyclic) bond motifs is 1. The molecule has 0 unspecified atom stereocenters. The Labute approximate surface area is 186 Å². The molecule has 1 aliphatic rings. The summed E-state index contributed by atoms with van der Waals surface area (Å²) >= 11 is 0. The molecule has 4 heterocycles.